The summed E-state index contributed by atoms with van der Waals surface area (Å²) in [7, 11) is 4.52. The number of nitrogen functional groups attached to an aromatic ring is 2. The summed E-state index contributed by atoms with van der Waals surface area (Å²) in [4.78, 5) is 100. The van der Waals surface area contributed by atoms with Gasteiger partial charge in [-0.05, 0) is 148 Å². The number of hydrogen-bond donors (Lipinski definition) is 6. The number of nitrogens with one attached hydrogen (secondary N) is 1. The summed E-state index contributed by atoms with van der Waals surface area (Å²) >= 11 is 0. The molecular weight excluding hydrogens is 1640 g/mol. The number of anilines is 2. The van der Waals surface area contributed by atoms with Crippen LogP contribution in [0.15, 0.2) is 94.7 Å². The lowest BCUT2D eigenvalue weighted by atomic mass is 9.78. The number of hydrogen-bond acceptors (Lipinski definition) is 30. The minimum Gasteiger partial charge on any atom is -0.460 e. The van der Waals surface area contributed by atoms with E-state index >= 15 is 0 Å². The number of fused-ring (bicyclic) bond motifs is 6. The van der Waals surface area contributed by atoms with Gasteiger partial charge in [-0.3, -0.25) is 19.2 Å². The lowest BCUT2D eigenvalue weighted by Crippen LogP contribution is -2.61. The third kappa shape index (κ3) is 29.5. The third-order valence-corrected chi connectivity index (χ3v) is 24.7. The highest BCUT2D eigenvalue weighted by Crippen LogP contribution is 2.40. The van der Waals surface area contributed by atoms with Crippen LogP contribution in [0.2, 0.25) is 0 Å². The van der Waals surface area contributed by atoms with E-state index in [9.17, 15) is 44.1 Å². The normalized spacial score (nSPS) is 27.0. The number of allylic oxidation sites excluding steroid dienone is 5. The highest BCUT2D eigenvalue weighted by Gasteiger charge is 2.53. The molecule has 3 fully saturated rings. The zero-order valence-corrected chi connectivity index (χ0v) is 75.6. The van der Waals surface area contributed by atoms with Gasteiger partial charge in [0.25, 0.3) is 17.7 Å². The summed E-state index contributed by atoms with van der Waals surface area (Å²) in [5, 5.41) is 44.4. The molecule has 16 atom stereocenters. The molecule has 8 N–H and O–H groups in total. The number of esters is 1. The fraction of sp³-hybridized carbons (Fsp3) is 0.656. The van der Waals surface area contributed by atoms with Crippen LogP contribution in [0.3, 0.4) is 0 Å². The number of amides is 3. The molecule has 7 heterocycles. The van der Waals surface area contributed by atoms with E-state index in [1.807, 2.05) is 79.8 Å². The van der Waals surface area contributed by atoms with Crippen molar-refractivity contribution >= 4 is 69.4 Å². The predicted molar refractivity (Wildman–Crippen MR) is 471 cm³/mol. The van der Waals surface area contributed by atoms with Crippen LogP contribution in [0.1, 0.15) is 149 Å². The molecule has 1 saturated carbocycles. The van der Waals surface area contributed by atoms with Gasteiger partial charge in [0.05, 0.1) is 148 Å². The minimum absolute atomic E-state index is 0.0117. The molecule has 10 rings (SSSR count). The number of piperidine rings is 1. The quantitative estimate of drug-likeness (QED) is 0.00924. The lowest BCUT2D eigenvalue weighted by molar-refractivity contribution is -0.265. The molecule has 702 valence electrons. The monoisotopic (exact) mass is 1780 g/mol. The fourth-order valence-electron chi connectivity index (χ4n) is 17.3. The zero-order chi connectivity index (χ0) is 90.9. The Kier molecular flexibility index (Phi) is 40.5. The van der Waals surface area contributed by atoms with Crippen LogP contribution in [-0.4, -0.2) is 293 Å². The van der Waals surface area contributed by atoms with E-state index in [2.05, 4.69) is 38.5 Å². The maximum Gasteiger partial charge on any atom is 0.407 e. The number of aromatic nitrogens is 5. The van der Waals surface area contributed by atoms with Crippen molar-refractivity contribution in [2.75, 3.05) is 158 Å². The van der Waals surface area contributed by atoms with Crippen LogP contribution in [0, 0.1) is 35.5 Å². The van der Waals surface area contributed by atoms with Gasteiger partial charge in [0.15, 0.2) is 17.0 Å². The third-order valence-electron chi connectivity index (χ3n) is 24.7. The van der Waals surface area contributed by atoms with E-state index in [1.54, 1.807) is 47.1 Å². The summed E-state index contributed by atoms with van der Waals surface area (Å²) in [6.07, 6.45) is 11.6. The Morgan fingerprint density at radius 2 is 1.39 bits per heavy atom. The Labute approximate surface area is 744 Å². The van der Waals surface area contributed by atoms with Crippen LogP contribution in [0.4, 0.5) is 16.6 Å². The number of methoxy groups -OCH3 is 3. The van der Waals surface area contributed by atoms with Gasteiger partial charge >= 0.3 is 12.1 Å². The van der Waals surface area contributed by atoms with Gasteiger partial charge in [-0.2, -0.15) is 10.1 Å². The van der Waals surface area contributed by atoms with Crippen molar-refractivity contribution in [3.05, 3.63) is 107 Å². The number of carbonyl (C=O) groups is 6. The van der Waals surface area contributed by atoms with Crippen molar-refractivity contribution < 1.29 is 115 Å². The first-order valence-electron chi connectivity index (χ1n) is 45.0. The van der Waals surface area contributed by atoms with Crippen LogP contribution >= 0.6 is 0 Å². The Balaban J connectivity index is 0.542. The molecule has 3 aromatic heterocycles. The molecule has 5 aliphatic rings. The highest BCUT2D eigenvalue weighted by molar-refractivity contribution is 6.39. The molecule has 0 unspecified atom stereocenters. The van der Waals surface area contributed by atoms with Crippen molar-refractivity contribution in [2.45, 2.75) is 212 Å². The van der Waals surface area contributed by atoms with Gasteiger partial charge in [0, 0.05) is 83.7 Å². The van der Waals surface area contributed by atoms with Gasteiger partial charge in [0.1, 0.15) is 53.8 Å². The number of Topliss-reactive ketones (excluding diaryl/α,β-unsaturated/α-hetero) is 2. The molecule has 0 spiro atoms. The lowest BCUT2D eigenvalue weighted by Gasteiger charge is -2.42. The zero-order valence-electron chi connectivity index (χ0n) is 75.6. The molecule has 34 heteroatoms. The highest BCUT2D eigenvalue weighted by atomic mass is 16.6. The number of ether oxygens (including phenoxy) is 14. The van der Waals surface area contributed by atoms with Gasteiger partial charge in [0.2, 0.25) is 11.7 Å². The predicted octanol–water partition coefficient (Wildman–Crippen LogP) is 8.97. The van der Waals surface area contributed by atoms with E-state index in [0.717, 1.165) is 28.7 Å². The molecule has 34 nitrogen and oxygen atoms in total. The van der Waals surface area contributed by atoms with E-state index in [1.165, 1.54) is 23.9 Å². The number of oxazole rings is 1. The average Bonchev–Trinajstić information content (AvgIpc) is 0.960. The molecule has 4 aliphatic heterocycles. The molecule has 2 aromatic carbocycles. The standard InChI is InChI=1S/C93H136N10O24/c1-59-16-12-11-13-17-60(2)77(113-8)54-71-24-19-65(7)93(112,127-71)86(108)89(109)102-30-15-14-18-73(102)90(110)124-78(62(4)49-64(6)84(107)85(115-10)83(106)63(5)48-59)55-74(104)61(3)50-66-21-25-76(79(52-66)114-9)126-92(111)96-29-33-117-35-37-119-39-41-121-43-45-123-47-46-122-44-42-120-40-38-118-36-34-116-32-28-80(105)101-31-27-68-51-67(20-22-70(68)57-101)56-103-88-81(87(94)97-58-98-88)82(100-103)69-23-26-75-72(53-69)99-91(95)125-75/h11-13,16-17,20,22-23,26,49,51,53,58-59,61-63,65-66,71,73-74,76-79,84-85,104,107,112H,14-15,18-19,21,24-25,27-48,50,52,54-57H2,1-10H3,(H2,95,99)(H,96,111)(H2,94,97,98)/b13-11+,16-12+,60-17+,64-49+/t59-,61-,62-,63-,65-,66+,71+,73+,74+,76-,77+,78-,79-,84-,85+,93-/m1/s1. The second-order valence-electron chi connectivity index (χ2n) is 34.1. The molecule has 2 saturated heterocycles. The first kappa shape index (κ1) is 101. The number of ketones is 2. The van der Waals surface area contributed by atoms with E-state index in [0.29, 0.717) is 222 Å². The van der Waals surface area contributed by atoms with Crippen LogP contribution in [-0.2, 0) is 110 Å². The number of nitrogens with zero attached hydrogens (tertiary/aromatic N) is 7. The molecule has 127 heavy (non-hydrogen) atoms. The second kappa shape index (κ2) is 51.1. The minimum atomic E-state index is -2.47. The largest absolute Gasteiger partial charge is 0.460 e. The molecule has 5 aromatic rings. The van der Waals surface area contributed by atoms with Crippen LogP contribution in [0.5, 0.6) is 0 Å². The van der Waals surface area contributed by atoms with Gasteiger partial charge in [-0.25, -0.2) is 24.2 Å². The first-order chi connectivity index (χ1) is 61.3. The molecule has 1 aliphatic carbocycles. The Bertz CT molecular complexity index is 4460. The Hall–Kier alpha value is -8.56. The van der Waals surface area contributed by atoms with E-state index in [4.69, 9.17) is 87.3 Å². The second-order valence-corrected chi connectivity index (χ2v) is 34.1. The van der Waals surface area contributed by atoms with Gasteiger partial charge in [-0.15, -0.1) is 0 Å². The maximum absolute atomic E-state index is 14.7. The number of cyclic esters (lactones) is 1. The Morgan fingerprint density at radius 3 is 2.06 bits per heavy atom. The van der Waals surface area contributed by atoms with E-state index in [-0.39, 0.29) is 74.4 Å². The number of aliphatic hydroxyl groups is 3. The van der Waals surface area contributed by atoms with Crippen molar-refractivity contribution in [3.63, 3.8) is 0 Å². The summed E-state index contributed by atoms with van der Waals surface area (Å²) in [5.74, 6) is -7.59. The number of benzene rings is 2. The van der Waals surface area contributed by atoms with Crippen LogP contribution < -0.4 is 16.8 Å². The van der Waals surface area contributed by atoms with Gasteiger partial charge < -0.3 is 113 Å². The summed E-state index contributed by atoms with van der Waals surface area (Å²) in [6.45, 7) is 20.5. The summed E-state index contributed by atoms with van der Waals surface area (Å²) in [5.41, 5.74) is 20.0. The van der Waals surface area contributed by atoms with Crippen LogP contribution in [0.25, 0.3) is 33.4 Å². The molecule has 2 bridgehead atoms. The number of nitrogens with two attached hydrogens (primary N) is 2. The van der Waals surface area contributed by atoms with E-state index < -0.39 is 102 Å². The van der Waals surface area contributed by atoms with Crippen molar-refractivity contribution in [3.8, 4) is 11.3 Å². The SMILES string of the molecule is CO[C@H]1C[C@@H]2CC[C@@H](C)[C@@](O)(O2)C(=O)C(=O)N2CCCC[C@H]2C(=O)O[C@H](C[C@H](O)[C@H](C)C[C@@H]2CC[C@@H](OC(=O)NCCOCCOCCOCCOCCOCCOCCOCCOCCC(=O)N3CCc4cc(Cn5nc(-c6ccc7oc(N)nc7c6)c6c(N)ncnc65)ccc4C3)[C@H](OC)C2)[C@H](C)/C=C(\C)[C@@H](O)[C@@H](OC)C(=O)[C@H](C)C[C@H](C)/C=C/C=C/C=C/1C. The average molecular weight is 1780 g/mol. The molecule has 3 amide bonds. The summed E-state index contributed by atoms with van der Waals surface area (Å²) < 4.78 is 88.3. The van der Waals surface area contributed by atoms with Crippen molar-refractivity contribution in [1.29, 1.82) is 0 Å². The maximum atomic E-state index is 14.7. The fourth-order valence-corrected chi connectivity index (χ4v) is 17.3. The van der Waals surface area contributed by atoms with Crippen molar-refractivity contribution in [2.24, 2.45) is 35.5 Å². The first-order valence-corrected chi connectivity index (χ1v) is 45.0. The topological polar surface area (TPSA) is 433 Å². The Morgan fingerprint density at radius 1 is 0.709 bits per heavy atom. The number of rotatable bonds is 39. The summed E-state index contributed by atoms with van der Waals surface area (Å²) in [6, 6.07) is 10.7. The molecule has 0 radical (unpaired) electrons. The smallest absolute Gasteiger partial charge is 0.407 e. The van der Waals surface area contributed by atoms with Crippen molar-refractivity contribution in [1.82, 2.24) is 39.8 Å². The number of carbonyl (C=O) groups excluding carboxylic acids is 6. The molecular formula is C93H136N10O24. The number of alkyl carbamates (subject to hydrolysis) is 1. The van der Waals surface area contributed by atoms with Gasteiger partial charge in [-0.1, -0.05) is 89.3 Å². The number of aliphatic hydroxyl groups excluding tert-OH is 2.